The molecule has 0 unspecified atom stereocenters. The maximum Gasteiger partial charge on any atom is 0.275 e. The van der Waals surface area contributed by atoms with Crippen LogP contribution in [0.3, 0.4) is 0 Å². The van der Waals surface area contributed by atoms with Crippen LogP contribution in [0.1, 0.15) is 16.2 Å². The van der Waals surface area contributed by atoms with Crippen LogP contribution in [-0.2, 0) is 0 Å². The van der Waals surface area contributed by atoms with Crippen molar-refractivity contribution in [3.63, 3.8) is 0 Å². The molecule has 0 bridgehead atoms. The van der Waals surface area contributed by atoms with Crippen molar-refractivity contribution >= 4 is 5.91 Å². The van der Waals surface area contributed by atoms with Crippen molar-refractivity contribution < 1.29 is 9.18 Å². The Kier molecular flexibility index (Phi) is 3.10. The molecule has 0 radical (unpaired) electrons. The first kappa shape index (κ1) is 12.2. The third kappa shape index (κ3) is 1.97. The Hall–Kier alpha value is -2.24. The standard InChI is InChI=1S/C12H13FN4O/c1-8-11(12(18)16(2)3)14-15-17(8)10-7-5-4-6-9(10)13/h4-7H,1-3H3. The molecule has 18 heavy (non-hydrogen) atoms. The van der Waals surface area contributed by atoms with E-state index in [4.69, 9.17) is 0 Å². The molecule has 0 N–H and O–H groups in total. The van der Waals surface area contributed by atoms with Gasteiger partial charge < -0.3 is 4.90 Å². The van der Waals surface area contributed by atoms with E-state index >= 15 is 0 Å². The Balaban J connectivity index is 2.50. The van der Waals surface area contributed by atoms with Gasteiger partial charge in [-0.2, -0.15) is 0 Å². The number of halogens is 1. The first-order chi connectivity index (χ1) is 8.52. The smallest absolute Gasteiger partial charge is 0.275 e. The summed E-state index contributed by atoms with van der Waals surface area (Å²) >= 11 is 0. The van der Waals surface area contributed by atoms with Crippen molar-refractivity contribution in [2.24, 2.45) is 0 Å². The number of aromatic nitrogens is 3. The molecule has 1 heterocycles. The van der Waals surface area contributed by atoms with Crippen molar-refractivity contribution in [3.8, 4) is 5.69 Å². The number of benzene rings is 1. The minimum Gasteiger partial charge on any atom is -0.343 e. The number of carbonyl (C=O) groups is 1. The molecule has 0 atom stereocenters. The molecule has 2 rings (SSSR count). The van der Waals surface area contributed by atoms with E-state index in [1.54, 1.807) is 39.2 Å². The molecular formula is C12H13FN4O. The lowest BCUT2D eigenvalue weighted by molar-refractivity contribution is 0.0821. The van der Waals surface area contributed by atoms with Crippen molar-refractivity contribution in [1.29, 1.82) is 0 Å². The molecule has 0 saturated heterocycles. The van der Waals surface area contributed by atoms with E-state index in [9.17, 15) is 9.18 Å². The lowest BCUT2D eigenvalue weighted by Gasteiger charge is -2.08. The average Bonchev–Trinajstić information content (AvgIpc) is 2.71. The van der Waals surface area contributed by atoms with Gasteiger partial charge >= 0.3 is 0 Å². The number of rotatable bonds is 2. The van der Waals surface area contributed by atoms with Gasteiger partial charge in [0.25, 0.3) is 5.91 Å². The highest BCUT2D eigenvalue weighted by Crippen LogP contribution is 2.15. The maximum absolute atomic E-state index is 13.6. The number of para-hydroxylation sites is 1. The van der Waals surface area contributed by atoms with Gasteiger partial charge in [0.2, 0.25) is 0 Å². The molecule has 0 aliphatic heterocycles. The zero-order chi connectivity index (χ0) is 13.3. The third-order valence-corrected chi connectivity index (χ3v) is 2.58. The minimum atomic E-state index is -0.408. The average molecular weight is 248 g/mol. The van der Waals surface area contributed by atoms with E-state index in [-0.39, 0.29) is 17.3 Å². The van der Waals surface area contributed by atoms with Gasteiger partial charge in [0.05, 0.1) is 5.69 Å². The van der Waals surface area contributed by atoms with Gasteiger partial charge in [-0.05, 0) is 19.1 Å². The molecule has 1 amide bonds. The van der Waals surface area contributed by atoms with E-state index in [0.717, 1.165) is 0 Å². The normalized spacial score (nSPS) is 10.4. The molecule has 0 fully saturated rings. The minimum absolute atomic E-state index is 0.225. The lowest BCUT2D eigenvalue weighted by atomic mass is 10.2. The van der Waals surface area contributed by atoms with Gasteiger partial charge in [0.15, 0.2) is 5.69 Å². The Morgan fingerprint density at radius 2 is 2.00 bits per heavy atom. The molecule has 94 valence electrons. The summed E-state index contributed by atoms with van der Waals surface area (Å²) < 4.78 is 15.0. The van der Waals surface area contributed by atoms with Gasteiger partial charge in [-0.1, -0.05) is 17.3 Å². The predicted molar refractivity (Wildman–Crippen MR) is 64.1 cm³/mol. The van der Waals surface area contributed by atoms with Gasteiger partial charge in [-0.25, -0.2) is 9.07 Å². The number of amides is 1. The molecule has 0 aliphatic carbocycles. The van der Waals surface area contributed by atoms with Crippen LogP contribution in [0.4, 0.5) is 4.39 Å². The number of nitrogens with zero attached hydrogens (tertiary/aromatic N) is 4. The van der Waals surface area contributed by atoms with E-state index in [2.05, 4.69) is 10.3 Å². The van der Waals surface area contributed by atoms with E-state index in [1.807, 2.05) is 0 Å². The van der Waals surface area contributed by atoms with Gasteiger partial charge in [0, 0.05) is 14.1 Å². The van der Waals surface area contributed by atoms with Crippen molar-refractivity contribution in [2.75, 3.05) is 14.1 Å². The second-order valence-corrected chi connectivity index (χ2v) is 4.09. The predicted octanol–water partition coefficient (Wildman–Crippen LogP) is 1.42. The Morgan fingerprint density at radius 1 is 1.33 bits per heavy atom. The summed E-state index contributed by atoms with van der Waals surface area (Å²) in [5.41, 5.74) is 1.02. The lowest BCUT2D eigenvalue weighted by Crippen LogP contribution is -2.23. The van der Waals surface area contributed by atoms with Crippen LogP contribution in [0.2, 0.25) is 0 Å². The highest BCUT2D eigenvalue weighted by Gasteiger charge is 2.19. The quantitative estimate of drug-likeness (QED) is 0.807. The monoisotopic (exact) mass is 248 g/mol. The molecule has 2 aromatic rings. The molecule has 0 spiro atoms. The number of carbonyl (C=O) groups excluding carboxylic acids is 1. The summed E-state index contributed by atoms with van der Waals surface area (Å²) in [6, 6.07) is 6.22. The summed E-state index contributed by atoms with van der Waals surface area (Å²) in [5.74, 6) is -0.663. The molecule has 6 heteroatoms. The first-order valence-corrected chi connectivity index (χ1v) is 5.41. The fourth-order valence-electron chi connectivity index (χ4n) is 1.59. The van der Waals surface area contributed by atoms with Crippen LogP contribution >= 0.6 is 0 Å². The number of hydrogen-bond acceptors (Lipinski definition) is 3. The third-order valence-electron chi connectivity index (χ3n) is 2.58. The summed E-state index contributed by atoms with van der Waals surface area (Å²) in [6.45, 7) is 1.68. The molecule has 1 aromatic carbocycles. The highest BCUT2D eigenvalue weighted by atomic mass is 19.1. The maximum atomic E-state index is 13.6. The summed E-state index contributed by atoms with van der Waals surface area (Å²) in [6.07, 6.45) is 0. The van der Waals surface area contributed by atoms with Crippen molar-refractivity contribution in [3.05, 3.63) is 41.5 Å². The van der Waals surface area contributed by atoms with Crippen LogP contribution < -0.4 is 0 Å². The first-order valence-electron chi connectivity index (χ1n) is 5.41. The van der Waals surface area contributed by atoms with Crippen LogP contribution in [0.15, 0.2) is 24.3 Å². The van der Waals surface area contributed by atoms with E-state index in [1.165, 1.54) is 15.6 Å². The van der Waals surface area contributed by atoms with Crippen LogP contribution in [0.25, 0.3) is 5.69 Å². The fraction of sp³-hybridized carbons (Fsp3) is 0.250. The molecule has 5 nitrogen and oxygen atoms in total. The van der Waals surface area contributed by atoms with E-state index in [0.29, 0.717) is 5.69 Å². The Morgan fingerprint density at radius 3 is 2.61 bits per heavy atom. The Bertz CT molecular complexity index is 592. The second kappa shape index (κ2) is 4.56. The summed E-state index contributed by atoms with van der Waals surface area (Å²) in [7, 11) is 3.26. The SMILES string of the molecule is Cc1c(C(=O)N(C)C)nnn1-c1ccccc1F. The van der Waals surface area contributed by atoms with Gasteiger partial charge in [0.1, 0.15) is 11.5 Å². The molecule has 0 aliphatic rings. The Labute approximate surface area is 104 Å². The van der Waals surface area contributed by atoms with Crippen molar-refractivity contribution in [1.82, 2.24) is 19.9 Å². The van der Waals surface area contributed by atoms with Crippen LogP contribution in [0.5, 0.6) is 0 Å². The molecule has 0 saturated carbocycles. The zero-order valence-electron chi connectivity index (χ0n) is 10.4. The fourth-order valence-corrected chi connectivity index (χ4v) is 1.59. The largest absolute Gasteiger partial charge is 0.343 e. The summed E-state index contributed by atoms with van der Waals surface area (Å²) in [5, 5.41) is 7.64. The van der Waals surface area contributed by atoms with Crippen molar-refractivity contribution in [2.45, 2.75) is 6.92 Å². The van der Waals surface area contributed by atoms with Gasteiger partial charge in [-0.3, -0.25) is 4.79 Å². The number of hydrogen-bond donors (Lipinski definition) is 0. The second-order valence-electron chi connectivity index (χ2n) is 4.09. The van der Waals surface area contributed by atoms with Crippen LogP contribution in [0, 0.1) is 12.7 Å². The summed E-state index contributed by atoms with van der Waals surface area (Å²) in [4.78, 5) is 13.2. The van der Waals surface area contributed by atoms with Gasteiger partial charge in [-0.15, -0.1) is 5.10 Å². The zero-order valence-corrected chi connectivity index (χ0v) is 10.4. The molecule has 1 aromatic heterocycles. The molecular weight excluding hydrogens is 235 g/mol. The highest BCUT2D eigenvalue weighted by molar-refractivity contribution is 5.92. The topological polar surface area (TPSA) is 51.0 Å². The van der Waals surface area contributed by atoms with Crippen LogP contribution in [-0.4, -0.2) is 39.9 Å². The van der Waals surface area contributed by atoms with E-state index < -0.39 is 5.82 Å².